The predicted octanol–water partition coefficient (Wildman–Crippen LogP) is 5.42. The maximum Gasteiger partial charge on any atom is 0.336 e. The average Bonchev–Trinajstić information content (AvgIpc) is 2.96. The van der Waals surface area contributed by atoms with Crippen LogP contribution in [0.4, 0.5) is 0 Å². The van der Waals surface area contributed by atoms with E-state index in [1.165, 1.54) is 12.5 Å². The molecule has 4 aromatic rings. The molecule has 7 rings (SSSR count). The van der Waals surface area contributed by atoms with Gasteiger partial charge in [0.1, 0.15) is 11.5 Å². The zero-order valence-corrected chi connectivity index (χ0v) is 21.3. The number of hydrogen-bond acceptors (Lipinski definition) is 6. The fourth-order valence-corrected chi connectivity index (χ4v) is 5.90. The van der Waals surface area contributed by atoms with Crippen molar-refractivity contribution in [2.24, 2.45) is 11.8 Å². The van der Waals surface area contributed by atoms with Crippen LogP contribution in [0.1, 0.15) is 34.9 Å². The highest BCUT2D eigenvalue weighted by molar-refractivity contribution is 6.03. The number of carboxylic acids is 1. The molecule has 0 spiro atoms. The second kappa shape index (κ2) is 10.8. The number of aromatic nitrogens is 1. The Bertz CT molecular complexity index is 1490. The molecule has 3 N–H and O–H groups in total. The highest BCUT2D eigenvalue weighted by Crippen LogP contribution is 2.42. The van der Waals surface area contributed by atoms with E-state index in [0.29, 0.717) is 17.2 Å². The summed E-state index contributed by atoms with van der Waals surface area (Å²) in [5.74, 6) is 1.19. The average molecular weight is 513 g/mol. The maximum absolute atomic E-state index is 11.2. The molecule has 0 aliphatic carbocycles. The lowest BCUT2D eigenvalue weighted by Crippen LogP contribution is -2.54. The first kappa shape index (κ1) is 25.7. The number of pyridine rings is 1. The van der Waals surface area contributed by atoms with Gasteiger partial charge in [0.2, 0.25) is 0 Å². The number of phenols is 1. The van der Waals surface area contributed by atoms with Crippen LogP contribution in [0.5, 0.6) is 11.5 Å². The van der Waals surface area contributed by atoms with Crippen molar-refractivity contribution >= 4 is 27.6 Å². The number of ether oxygens (including phenoxy) is 1. The molecule has 7 nitrogen and oxygen atoms in total. The molecule has 1 aromatic heterocycles. The lowest BCUT2D eigenvalue weighted by Gasteiger charge is -2.50. The van der Waals surface area contributed by atoms with Crippen molar-refractivity contribution < 1.29 is 24.9 Å². The van der Waals surface area contributed by atoms with Gasteiger partial charge in [-0.2, -0.15) is 0 Å². The minimum absolute atomic E-state index is 0.139. The van der Waals surface area contributed by atoms with Crippen molar-refractivity contribution in [1.29, 1.82) is 0 Å². The highest BCUT2D eigenvalue weighted by Gasteiger charge is 2.42. The molecule has 38 heavy (non-hydrogen) atoms. The molecule has 3 aliphatic rings. The van der Waals surface area contributed by atoms with Crippen LogP contribution >= 0.6 is 0 Å². The SMILES string of the molecule is C=C[C@@H]1CN2CCC1C[C@@H]2[C@H](O)c1ccnc2ccc(OC)cc12.O=C(O)c1cccc2cc(O)ccc12. The number of piperidine rings is 3. The Morgan fingerprint density at radius 2 is 2.00 bits per heavy atom. The molecular formula is C31H32N2O5. The zero-order chi connectivity index (χ0) is 26.8. The molecule has 2 bridgehead atoms. The molecule has 3 aliphatic heterocycles. The third kappa shape index (κ3) is 4.95. The first-order valence-electron chi connectivity index (χ1n) is 12.8. The Morgan fingerprint density at radius 3 is 2.71 bits per heavy atom. The lowest BCUT2D eigenvalue weighted by molar-refractivity contribution is -0.0444. The van der Waals surface area contributed by atoms with Gasteiger partial charge in [0.15, 0.2) is 0 Å². The quantitative estimate of drug-likeness (QED) is 0.307. The van der Waals surface area contributed by atoms with Gasteiger partial charge in [-0.15, -0.1) is 6.58 Å². The minimum Gasteiger partial charge on any atom is -0.508 e. The molecule has 3 aromatic carbocycles. The number of carbonyl (C=O) groups is 1. The number of hydrogen-bond donors (Lipinski definition) is 3. The van der Waals surface area contributed by atoms with Crippen molar-refractivity contribution in [3.05, 3.63) is 90.6 Å². The number of aromatic hydroxyl groups is 1. The second-order valence-electron chi connectivity index (χ2n) is 9.99. The number of rotatable bonds is 5. The maximum atomic E-state index is 11.2. The van der Waals surface area contributed by atoms with Crippen LogP contribution in [0.3, 0.4) is 0 Å². The number of carboxylic acid groups (broad SMARTS) is 1. The largest absolute Gasteiger partial charge is 0.508 e. The van der Waals surface area contributed by atoms with Crippen LogP contribution < -0.4 is 4.74 Å². The van der Waals surface area contributed by atoms with E-state index < -0.39 is 12.1 Å². The number of aliphatic hydroxyl groups is 1. The Hall–Kier alpha value is -3.94. The van der Waals surface area contributed by atoms with Gasteiger partial charge in [0.25, 0.3) is 0 Å². The predicted molar refractivity (Wildman–Crippen MR) is 148 cm³/mol. The fourth-order valence-electron chi connectivity index (χ4n) is 5.90. The van der Waals surface area contributed by atoms with Crippen molar-refractivity contribution in [2.75, 3.05) is 20.2 Å². The summed E-state index contributed by atoms with van der Waals surface area (Å²) in [6, 6.07) is 17.6. The third-order valence-corrected chi connectivity index (χ3v) is 7.91. The number of aliphatic hydroxyl groups excluding tert-OH is 1. The Kier molecular flexibility index (Phi) is 7.31. The summed E-state index contributed by atoms with van der Waals surface area (Å²) < 4.78 is 5.35. The van der Waals surface area contributed by atoms with Gasteiger partial charge in [0, 0.05) is 24.2 Å². The molecule has 3 fully saturated rings. The van der Waals surface area contributed by atoms with Crippen LogP contribution in [0.2, 0.25) is 0 Å². The van der Waals surface area contributed by atoms with Gasteiger partial charge in [-0.05, 0) is 96.1 Å². The van der Waals surface area contributed by atoms with Gasteiger partial charge >= 0.3 is 5.97 Å². The Labute approximate surface area is 221 Å². The van der Waals surface area contributed by atoms with Gasteiger partial charge in [0.05, 0.1) is 24.3 Å². The van der Waals surface area contributed by atoms with E-state index in [0.717, 1.165) is 47.1 Å². The topological polar surface area (TPSA) is 103 Å². The van der Waals surface area contributed by atoms with Crippen LogP contribution in [0, 0.1) is 11.8 Å². The molecule has 0 radical (unpaired) electrons. The van der Waals surface area contributed by atoms with Gasteiger partial charge in [-0.25, -0.2) is 4.79 Å². The van der Waals surface area contributed by atoms with Crippen molar-refractivity contribution in [2.45, 2.75) is 25.0 Å². The molecule has 7 heteroatoms. The molecule has 2 unspecified atom stereocenters. The van der Waals surface area contributed by atoms with Crippen LogP contribution in [-0.4, -0.2) is 57.4 Å². The fraction of sp³-hybridized carbons (Fsp3) is 0.290. The number of phenolic OH excluding ortho intramolecular Hbond substituents is 1. The van der Waals surface area contributed by atoms with Crippen molar-refractivity contribution in [3.63, 3.8) is 0 Å². The minimum atomic E-state index is -0.957. The summed E-state index contributed by atoms with van der Waals surface area (Å²) in [5.41, 5.74) is 2.10. The number of fused-ring (bicyclic) bond motifs is 5. The van der Waals surface area contributed by atoms with E-state index in [1.54, 1.807) is 43.6 Å². The van der Waals surface area contributed by atoms with E-state index in [-0.39, 0.29) is 17.4 Å². The number of methoxy groups -OCH3 is 1. The first-order valence-corrected chi connectivity index (χ1v) is 12.8. The van der Waals surface area contributed by atoms with E-state index in [4.69, 9.17) is 9.84 Å². The van der Waals surface area contributed by atoms with E-state index in [1.807, 2.05) is 24.3 Å². The number of aromatic carboxylic acids is 1. The van der Waals surface area contributed by atoms with Gasteiger partial charge in [-0.1, -0.05) is 18.2 Å². The summed E-state index contributed by atoms with van der Waals surface area (Å²) in [6.45, 7) is 6.07. The lowest BCUT2D eigenvalue weighted by atomic mass is 9.73. The van der Waals surface area contributed by atoms with Gasteiger partial charge < -0.3 is 20.1 Å². The Morgan fingerprint density at radius 1 is 1.16 bits per heavy atom. The van der Waals surface area contributed by atoms with E-state index in [2.05, 4.69) is 22.5 Å². The Balaban J connectivity index is 0.000000179. The monoisotopic (exact) mass is 512 g/mol. The van der Waals surface area contributed by atoms with E-state index in [9.17, 15) is 15.0 Å². The number of nitrogens with zero attached hydrogens (tertiary/aromatic N) is 2. The second-order valence-corrected chi connectivity index (χ2v) is 9.99. The summed E-state index contributed by atoms with van der Waals surface area (Å²) in [7, 11) is 1.66. The molecule has 5 atom stereocenters. The smallest absolute Gasteiger partial charge is 0.336 e. The van der Waals surface area contributed by atoms with Crippen LogP contribution in [0.15, 0.2) is 79.5 Å². The van der Waals surface area contributed by atoms with Gasteiger partial charge in [-0.3, -0.25) is 9.88 Å². The number of benzene rings is 3. The zero-order valence-electron chi connectivity index (χ0n) is 21.3. The standard InChI is InChI=1S/C20H24N2O2.C11H8O3/c1-3-13-12-22-9-7-14(13)10-19(22)20(23)16-6-8-21-18-5-4-15(24-2)11-17(16)18;12-8-4-5-9-7(6-8)2-1-3-10(9)11(13)14/h3-6,8,11,13-14,19-20,23H,1,7,9-10,12H2,2H3;1-6,12H,(H,13,14)/t13-,14?,19-,20-;/m1./s1. The third-order valence-electron chi connectivity index (χ3n) is 7.91. The molecular weight excluding hydrogens is 480 g/mol. The normalized spacial score (nSPS) is 22.9. The molecule has 0 amide bonds. The molecule has 0 saturated carbocycles. The summed E-state index contributed by atoms with van der Waals surface area (Å²) in [5, 5.41) is 31.6. The summed E-state index contributed by atoms with van der Waals surface area (Å²) in [4.78, 5) is 17.7. The summed E-state index contributed by atoms with van der Waals surface area (Å²) >= 11 is 0. The highest BCUT2D eigenvalue weighted by atomic mass is 16.5. The van der Waals surface area contributed by atoms with E-state index >= 15 is 0 Å². The van der Waals surface area contributed by atoms with Crippen LogP contribution in [-0.2, 0) is 0 Å². The molecule has 4 heterocycles. The van der Waals surface area contributed by atoms with Crippen LogP contribution in [0.25, 0.3) is 21.7 Å². The summed E-state index contributed by atoms with van der Waals surface area (Å²) in [6.07, 6.45) is 5.62. The first-order chi connectivity index (χ1) is 18.4. The van der Waals surface area contributed by atoms with Crippen molar-refractivity contribution in [3.8, 4) is 11.5 Å². The van der Waals surface area contributed by atoms with Crippen molar-refractivity contribution in [1.82, 2.24) is 9.88 Å². The molecule has 196 valence electrons. The molecule has 3 saturated heterocycles.